The molecule has 0 bridgehead atoms. The van der Waals surface area contributed by atoms with Gasteiger partial charge in [0, 0.05) is 0 Å². The summed E-state index contributed by atoms with van der Waals surface area (Å²) in [5.74, 6) is 0.308. The Bertz CT molecular complexity index is 441. The van der Waals surface area contributed by atoms with E-state index >= 15 is 0 Å². The van der Waals surface area contributed by atoms with Crippen molar-refractivity contribution < 1.29 is 14.6 Å². The van der Waals surface area contributed by atoms with Crippen molar-refractivity contribution >= 4 is 28.6 Å². The highest BCUT2D eigenvalue weighted by molar-refractivity contribution is 14.1. The number of benzene rings is 1. The fraction of sp³-hybridized carbons (Fsp3) is 0.500. The highest BCUT2D eigenvalue weighted by Gasteiger charge is 2.23. The minimum Gasteiger partial charge on any atom is -0.492 e. The molecule has 1 aliphatic carbocycles. The van der Waals surface area contributed by atoms with Gasteiger partial charge in [-0.2, -0.15) is 0 Å². The van der Waals surface area contributed by atoms with Crippen LogP contribution in [0.2, 0.25) is 0 Å². The second kappa shape index (κ2) is 5.91. The first-order chi connectivity index (χ1) is 8.61. The maximum atomic E-state index is 11.2. The van der Waals surface area contributed by atoms with Gasteiger partial charge in [0.1, 0.15) is 5.75 Å². The zero-order chi connectivity index (χ0) is 13.1. The average molecular weight is 360 g/mol. The fourth-order valence-electron chi connectivity index (χ4n) is 1.89. The van der Waals surface area contributed by atoms with Crippen LogP contribution in [0.25, 0.3) is 0 Å². The molecule has 1 aromatic carbocycles. The third-order valence-corrected chi connectivity index (χ3v) is 4.13. The molecule has 1 N–H and O–H groups in total. The summed E-state index contributed by atoms with van der Waals surface area (Å²) in [5, 5.41) is 9.17. The van der Waals surface area contributed by atoms with Crippen LogP contribution in [-0.2, 0) is 4.79 Å². The third-order valence-electron chi connectivity index (χ3n) is 3.24. The molecule has 0 spiro atoms. The number of carbonyl (C=O) groups is 1. The Morgan fingerprint density at radius 1 is 1.56 bits per heavy atom. The van der Waals surface area contributed by atoms with Gasteiger partial charge >= 0.3 is 5.97 Å². The Kier molecular flexibility index (Phi) is 4.48. The molecule has 0 aromatic heterocycles. The van der Waals surface area contributed by atoms with Crippen molar-refractivity contribution in [2.45, 2.75) is 32.1 Å². The standard InChI is InChI=1S/C14H17IO3/c1-2-11(14(16)17)10-5-6-12(15)13(7-10)18-8-9-3-4-9/h5-7,9,11H,2-4,8H2,1H3,(H,16,17). The van der Waals surface area contributed by atoms with E-state index in [0.29, 0.717) is 12.3 Å². The van der Waals surface area contributed by atoms with Crippen LogP contribution in [0.3, 0.4) is 0 Å². The molecule has 1 aliphatic rings. The quantitative estimate of drug-likeness (QED) is 0.788. The van der Waals surface area contributed by atoms with Gasteiger partial charge < -0.3 is 9.84 Å². The van der Waals surface area contributed by atoms with E-state index in [1.165, 1.54) is 12.8 Å². The van der Waals surface area contributed by atoms with Crippen molar-refractivity contribution in [2.24, 2.45) is 5.92 Å². The summed E-state index contributed by atoms with van der Waals surface area (Å²) in [6.07, 6.45) is 3.10. The lowest BCUT2D eigenvalue weighted by Gasteiger charge is -2.13. The minimum atomic E-state index is -0.771. The van der Waals surface area contributed by atoms with Gasteiger partial charge in [-0.25, -0.2) is 0 Å². The van der Waals surface area contributed by atoms with E-state index in [-0.39, 0.29) is 0 Å². The van der Waals surface area contributed by atoms with Gasteiger partial charge in [0.25, 0.3) is 0 Å². The Hall–Kier alpha value is -0.780. The summed E-state index contributed by atoms with van der Waals surface area (Å²) in [5.41, 5.74) is 0.830. The predicted octanol–water partition coefficient (Wildman–Crippen LogP) is 3.66. The highest BCUT2D eigenvalue weighted by atomic mass is 127. The molecule has 3 nitrogen and oxygen atoms in total. The first-order valence-electron chi connectivity index (χ1n) is 6.26. The van der Waals surface area contributed by atoms with Gasteiger partial charge in [0.05, 0.1) is 16.1 Å². The maximum absolute atomic E-state index is 11.2. The molecule has 2 rings (SSSR count). The van der Waals surface area contributed by atoms with E-state index in [9.17, 15) is 9.90 Å². The lowest BCUT2D eigenvalue weighted by atomic mass is 9.96. The number of rotatable bonds is 6. The predicted molar refractivity (Wildman–Crippen MR) is 78.0 cm³/mol. The molecular formula is C14H17IO3. The van der Waals surface area contributed by atoms with E-state index in [1.54, 1.807) is 0 Å². The van der Waals surface area contributed by atoms with Crippen LogP contribution in [0.1, 0.15) is 37.7 Å². The molecule has 1 fully saturated rings. The van der Waals surface area contributed by atoms with Crippen molar-refractivity contribution in [3.05, 3.63) is 27.3 Å². The molecule has 1 atom stereocenters. The normalized spacial score (nSPS) is 16.3. The van der Waals surface area contributed by atoms with Gasteiger partial charge in [-0.15, -0.1) is 0 Å². The van der Waals surface area contributed by atoms with Gasteiger partial charge in [0.15, 0.2) is 0 Å². The Labute approximate surface area is 121 Å². The molecule has 1 saturated carbocycles. The van der Waals surface area contributed by atoms with Crippen molar-refractivity contribution in [3.63, 3.8) is 0 Å². The van der Waals surface area contributed by atoms with E-state index in [4.69, 9.17) is 4.74 Å². The average Bonchev–Trinajstić information content (AvgIpc) is 3.14. The molecule has 0 aliphatic heterocycles. The van der Waals surface area contributed by atoms with Crippen LogP contribution in [0.4, 0.5) is 0 Å². The number of hydrogen-bond acceptors (Lipinski definition) is 2. The molecule has 1 aromatic rings. The number of aliphatic carboxylic acids is 1. The fourth-order valence-corrected chi connectivity index (χ4v) is 2.38. The molecule has 1 unspecified atom stereocenters. The summed E-state index contributed by atoms with van der Waals surface area (Å²) in [6.45, 7) is 2.64. The first-order valence-corrected chi connectivity index (χ1v) is 7.34. The molecule has 18 heavy (non-hydrogen) atoms. The maximum Gasteiger partial charge on any atom is 0.310 e. The number of carboxylic acid groups (broad SMARTS) is 1. The molecular weight excluding hydrogens is 343 g/mol. The topological polar surface area (TPSA) is 46.5 Å². The second-order valence-corrected chi connectivity index (χ2v) is 5.91. The minimum absolute atomic E-state index is 0.440. The summed E-state index contributed by atoms with van der Waals surface area (Å²) < 4.78 is 6.81. The molecule has 0 saturated heterocycles. The molecule has 0 radical (unpaired) electrons. The van der Waals surface area contributed by atoms with Gasteiger partial charge in [-0.05, 0) is 65.5 Å². The lowest BCUT2D eigenvalue weighted by Crippen LogP contribution is -2.11. The van der Waals surface area contributed by atoms with Crippen LogP contribution in [-0.4, -0.2) is 17.7 Å². The smallest absolute Gasteiger partial charge is 0.310 e. The zero-order valence-corrected chi connectivity index (χ0v) is 12.5. The van der Waals surface area contributed by atoms with E-state index in [0.717, 1.165) is 21.5 Å². The monoisotopic (exact) mass is 360 g/mol. The van der Waals surface area contributed by atoms with Crippen LogP contribution in [0.5, 0.6) is 5.75 Å². The van der Waals surface area contributed by atoms with Crippen LogP contribution in [0.15, 0.2) is 18.2 Å². The van der Waals surface area contributed by atoms with E-state index in [2.05, 4.69) is 22.6 Å². The summed E-state index contributed by atoms with van der Waals surface area (Å²) in [4.78, 5) is 11.2. The van der Waals surface area contributed by atoms with Gasteiger partial charge in [0.2, 0.25) is 0 Å². The second-order valence-electron chi connectivity index (χ2n) is 4.74. The van der Waals surface area contributed by atoms with Crippen molar-refractivity contribution in [2.75, 3.05) is 6.61 Å². The Balaban J connectivity index is 2.15. The lowest BCUT2D eigenvalue weighted by molar-refractivity contribution is -0.138. The van der Waals surface area contributed by atoms with Crippen molar-refractivity contribution in [1.29, 1.82) is 0 Å². The van der Waals surface area contributed by atoms with E-state index < -0.39 is 11.9 Å². The first kappa shape index (κ1) is 13.6. The van der Waals surface area contributed by atoms with Crippen LogP contribution in [0, 0.1) is 9.49 Å². The number of carboxylic acids is 1. The highest BCUT2D eigenvalue weighted by Crippen LogP contribution is 2.32. The SMILES string of the molecule is CCC(C(=O)O)c1ccc(I)c(OCC2CC2)c1. The van der Waals surface area contributed by atoms with Crippen molar-refractivity contribution in [3.8, 4) is 5.75 Å². The molecule has 0 heterocycles. The van der Waals surface area contributed by atoms with Gasteiger partial charge in [-0.3, -0.25) is 4.79 Å². The van der Waals surface area contributed by atoms with Crippen LogP contribution < -0.4 is 4.74 Å². The summed E-state index contributed by atoms with van der Waals surface area (Å²) >= 11 is 2.22. The molecule has 0 amide bonds. The number of ether oxygens (including phenoxy) is 1. The molecule has 98 valence electrons. The largest absolute Gasteiger partial charge is 0.492 e. The third kappa shape index (κ3) is 3.37. The molecule has 4 heteroatoms. The Morgan fingerprint density at radius 2 is 2.28 bits per heavy atom. The number of halogens is 1. The zero-order valence-electron chi connectivity index (χ0n) is 10.4. The van der Waals surface area contributed by atoms with Crippen LogP contribution >= 0.6 is 22.6 Å². The Morgan fingerprint density at radius 3 is 2.83 bits per heavy atom. The van der Waals surface area contributed by atoms with Gasteiger partial charge in [-0.1, -0.05) is 13.0 Å². The van der Waals surface area contributed by atoms with Crippen molar-refractivity contribution in [1.82, 2.24) is 0 Å². The summed E-state index contributed by atoms with van der Waals surface area (Å²) in [7, 11) is 0. The number of hydrogen-bond donors (Lipinski definition) is 1. The summed E-state index contributed by atoms with van der Waals surface area (Å²) in [6, 6.07) is 5.70. The van der Waals surface area contributed by atoms with E-state index in [1.807, 2.05) is 25.1 Å².